The van der Waals surface area contributed by atoms with Crippen molar-refractivity contribution >= 4 is 56.6 Å². The third-order valence-electron chi connectivity index (χ3n) is 4.89. The van der Waals surface area contributed by atoms with Crippen LogP contribution in [0.1, 0.15) is 5.56 Å². The molecule has 0 unspecified atom stereocenters. The van der Waals surface area contributed by atoms with E-state index in [2.05, 4.69) is 10.3 Å². The van der Waals surface area contributed by atoms with Crippen molar-refractivity contribution in [1.82, 2.24) is 9.38 Å². The van der Waals surface area contributed by atoms with E-state index in [9.17, 15) is 14.0 Å². The summed E-state index contributed by atoms with van der Waals surface area (Å²) in [6.07, 6.45) is 1.74. The van der Waals surface area contributed by atoms with Gasteiger partial charge in [0.1, 0.15) is 11.6 Å². The number of thiazole rings is 1. The first-order valence-corrected chi connectivity index (χ1v) is 11.1. The molecule has 0 aliphatic carbocycles. The third kappa shape index (κ3) is 4.30. The van der Waals surface area contributed by atoms with Crippen molar-refractivity contribution in [3.05, 3.63) is 98.0 Å². The first kappa shape index (κ1) is 21.1. The number of halogens is 2. The summed E-state index contributed by atoms with van der Waals surface area (Å²) in [4.78, 5) is 30.1. The van der Waals surface area contributed by atoms with Crippen LogP contribution in [-0.4, -0.2) is 21.9 Å². The number of aromatic nitrogens is 2. The largest absolute Gasteiger partial charge is 0.482 e. The highest BCUT2D eigenvalue weighted by molar-refractivity contribution is 7.15. The lowest BCUT2D eigenvalue weighted by Crippen LogP contribution is -2.22. The molecule has 3 aromatic carbocycles. The van der Waals surface area contributed by atoms with E-state index >= 15 is 0 Å². The zero-order valence-electron chi connectivity index (χ0n) is 16.9. The number of nitrogens with zero attached hydrogens (tertiary/aromatic N) is 2. The van der Waals surface area contributed by atoms with Crippen LogP contribution in [0, 0.1) is 5.82 Å². The number of anilines is 1. The summed E-state index contributed by atoms with van der Waals surface area (Å²) in [5, 5.41) is 2.91. The summed E-state index contributed by atoms with van der Waals surface area (Å²) < 4.78 is 20.6. The first-order valence-electron chi connectivity index (χ1n) is 9.87. The number of fused-ring (bicyclic) bond motifs is 3. The van der Waals surface area contributed by atoms with E-state index in [-0.39, 0.29) is 18.0 Å². The second kappa shape index (κ2) is 8.65. The van der Waals surface area contributed by atoms with Crippen LogP contribution in [0.5, 0.6) is 5.75 Å². The molecule has 0 aliphatic heterocycles. The van der Waals surface area contributed by atoms with E-state index in [4.69, 9.17) is 16.3 Å². The van der Waals surface area contributed by atoms with Crippen molar-refractivity contribution in [2.45, 2.75) is 0 Å². The van der Waals surface area contributed by atoms with Gasteiger partial charge in [-0.15, -0.1) is 0 Å². The number of hydrogen-bond acceptors (Lipinski definition) is 5. The van der Waals surface area contributed by atoms with Gasteiger partial charge in [-0.05, 0) is 60.2 Å². The summed E-state index contributed by atoms with van der Waals surface area (Å²) in [5.74, 6) is -0.460. The molecule has 0 fully saturated rings. The van der Waals surface area contributed by atoms with Crippen molar-refractivity contribution in [3.63, 3.8) is 0 Å². The van der Waals surface area contributed by atoms with Crippen LogP contribution in [0.15, 0.2) is 71.5 Å². The van der Waals surface area contributed by atoms with Crippen molar-refractivity contribution in [2.75, 3.05) is 11.9 Å². The first-order chi connectivity index (χ1) is 16.0. The number of imidazole rings is 1. The number of rotatable bonds is 5. The molecule has 5 rings (SSSR count). The van der Waals surface area contributed by atoms with Crippen molar-refractivity contribution in [3.8, 4) is 5.75 Å². The average molecular weight is 480 g/mol. The van der Waals surface area contributed by atoms with Gasteiger partial charge in [-0.1, -0.05) is 41.1 Å². The van der Waals surface area contributed by atoms with Gasteiger partial charge in [-0.25, -0.2) is 13.8 Å². The van der Waals surface area contributed by atoms with Crippen LogP contribution in [0.3, 0.4) is 0 Å². The summed E-state index contributed by atoms with van der Waals surface area (Å²) in [6, 6.07) is 18.0. The highest BCUT2D eigenvalue weighted by Gasteiger charge is 2.11. The van der Waals surface area contributed by atoms with Crippen LogP contribution in [0.25, 0.3) is 22.1 Å². The predicted octanol–water partition coefficient (Wildman–Crippen LogP) is 4.27. The van der Waals surface area contributed by atoms with E-state index in [0.717, 1.165) is 11.0 Å². The summed E-state index contributed by atoms with van der Waals surface area (Å²) in [7, 11) is 0. The van der Waals surface area contributed by atoms with Gasteiger partial charge in [0.15, 0.2) is 11.6 Å². The van der Waals surface area contributed by atoms with Crippen LogP contribution < -0.4 is 20.1 Å². The fourth-order valence-corrected chi connectivity index (χ4v) is 4.59. The van der Waals surface area contributed by atoms with E-state index in [1.807, 2.05) is 24.3 Å². The number of hydrogen-bond donors (Lipinski definition) is 1. The Labute approximate surface area is 195 Å². The molecule has 0 aliphatic rings. The molecule has 9 heteroatoms. The highest BCUT2D eigenvalue weighted by Crippen LogP contribution is 2.26. The van der Waals surface area contributed by atoms with Crippen LogP contribution in [0.2, 0.25) is 5.02 Å². The minimum atomic E-state index is -0.404. The molecule has 2 aromatic heterocycles. The Morgan fingerprint density at radius 3 is 2.73 bits per heavy atom. The monoisotopic (exact) mass is 479 g/mol. The molecule has 33 heavy (non-hydrogen) atoms. The summed E-state index contributed by atoms with van der Waals surface area (Å²) in [5.41, 5.74) is 2.59. The van der Waals surface area contributed by atoms with Crippen LogP contribution in [0.4, 0.5) is 10.1 Å². The fourth-order valence-electron chi connectivity index (χ4n) is 3.36. The van der Waals surface area contributed by atoms with Crippen molar-refractivity contribution in [2.24, 2.45) is 0 Å². The van der Waals surface area contributed by atoms with Gasteiger partial charge >= 0.3 is 0 Å². The van der Waals surface area contributed by atoms with E-state index < -0.39 is 5.91 Å². The molecule has 0 saturated heterocycles. The Bertz CT molecular complexity index is 1610. The van der Waals surface area contributed by atoms with Crippen LogP contribution >= 0.6 is 22.9 Å². The minimum absolute atomic E-state index is 0.141. The lowest BCUT2D eigenvalue weighted by atomic mass is 10.2. The van der Waals surface area contributed by atoms with Gasteiger partial charge < -0.3 is 10.1 Å². The number of ether oxygens (including phenoxy) is 1. The minimum Gasteiger partial charge on any atom is -0.482 e. The topological polar surface area (TPSA) is 72.7 Å². The van der Waals surface area contributed by atoms with Gasteiger partial charge in [0.25, 0.3) is 11.5 Å². The van der Waals surface area contributed by atoms with Crippen LogP contribution in [-0.2, 0) is 4.79 Å². The number of carbonyl (C=O) groups excluding carboxylic acids is 1. The Morgan fingerprint density at radius 1 is 1.15 bits per heavy atom. The third-order valence-corrected chi connectivity index (χ3v) is 6.15. The second-order valence-corrected chi connectivity index (χ2v) is 8.58. The lowest BCUT2D eigenvalue weighted by Gasteiger charge is -2.09. The fraction of sp³-hybridized carbons (Fsp3) is 0.0417. The van der Waals surface area contributed by atoms with Crippen molar-refractivity contribution in [1.29, 1.82) is 0 Å². The molecule has 6 nitrogen and oxygen atoms in total. The maximum atomic E-state index is 13.0. The molecule has 0 bridgehead atoms. The zero-order chi connectivity index (χ0) is 22.9. The van der Waals surface area contributed by atoms with Gasteiger partial charge in [-0.3, -0.25) is 9.59 Å². The standard InChI is InChI=1S/C24H15ClFN3O3S/c25-17-11-14(5-10-20(17)32-13-22(30)27-16-8-6-15(26)7-9-16)12-21-23(31)29-19-4-2-1-3-18(19)28-24(29)33-21/h1-12H,13H2,(H,27,30)/b21-12-. The highest BCUT2D eigenvalue weighted by atomic mass is 35.5. The molecule has 5 aromatic rings. The molecule has 0 spiro atoms. The molecule has 2 heterocycles. The number of amides is 1. The molecule has 1 N–H and O–H groups in total. The lowest BCUT2D eigenvalue weighted by molar-refractivity contribution is -0.118. The van der Waals surface area contributed by atoms with Gasteiger partial charge in [0.05, 0.1) is 20.6 Å². The maximum absolute atomic E-state index is 13.0. The van der Waals surface area contributed by atoms with E-state index in [1.165, 1.54) is 35.6 Å². The smallest absolute Gasteiger partial charge is 0.274 e. The number of nitrogens with one attached hydrogen (secondary N) is 1. The SMILES string of the molecule is O=C(COc1ccc(/C=c2\sc3nc4ccccc4n3c2=O)cc1Cl)Nc1ccc(F)cc1. The predicted molar refractivity (Wildman–Crippen MR) is 128 cm³/mol. The Kier molecular flexibility index (Phi) is 5.53. The normalized spacial score (nSPS) is 11.9. The Balaban J connectivity index is 1.33. The Hall–Kier alpha value is -3.75. The quantitative estimate of drug-likeness (QED) is 0.408. The molecule has 0 atom stereocenters. The van der Waals surface area contributed by atoms with Crippen molar-refractivity contribution < 1.29 is 13.9 Å². The van der Waals surface area contributed by atoms with Gasteiger partial charge in [0.2, 0.25) is 0 Å². The Morgan fingerprint density at radius 2 is 1.94 bits per heavy atom. The molecular formula is C24H15ClFN3O3S. The second-order valence-electron chi connectivity index (χ2n) is 7.17. The average Bonchev–Trinajstić information content (AvgIpc) is 3.31. The molecule has 164 valence electrons. The van der Waals surface area contributed by atoms with E-state index in [0.29, 0.717) is 31.5 Å². The zero-order valence-corrected chi connectivity index (χ0v) is 18.5. The molecule has 0 radical (unpaired) electrons. The van der Waals surface area contributed by atoms with E-state index in [1.54, 1.807) is 28.7 Å². The molecule has 0 saturated carbocycles. The number of benzene rings is 3. The van der Waals surface area contributed by atoms with Gasteiger partial charge in [-0.2, -0.15) is 0 Å². The molecular weight excluding hydrogens is 465 g/mol. The summed E-state index contributed by atoms with van der Waals surface area (Å²) >= 11 is 7.63. The number of carbonyl (C=O) groups is 1. The maximum Gasteiger partial charge on any atom is 0.274 e. The summed E-state index contributed by atoms with van der Waals surface area (Å²) in [6.45, 7) is -0.264. The number of para-hydroxylation sites is 2. The van der Waals surface area contributed by atoms with Gasteiger partial charge in [0, 0.05) is 5.69 Å². The molecule has 1 amide bonds.